The molecule has 2 amide bonds. The van der Waals surface area contributed by atoms with Crippen LogP contribution in [0.2, 0.25) is 0 Å². The zero-order valence-electron chi connectivity index (χ0n) is 18.9. The van der Waals surface area contributed by atoms with Crippen LogP contribution in [0, 0.1) is 0 Å². The molecule has 2 fully saturated rings. The van der Waals surface area contributed by atoms with Gasteiger partial charge in [-0.3, -0.25) is 4.79 Å². The lowest BCUT2D eigenvalue weighted by atomic mass is 10.1. The smallest absolute Gasteiger partial charge is 0.409 e. The molecular formula is C21H33ClN4O5S. The van der Waals surface area contributed by atoms with Crippen molar-refractivity contribution in [3.63, 3.8) is 0 Å². The summed E-state index contributed by atoms with van der Waals surface area (Å²) in [5.41, 5.74) is 0.483. The predicted molar refractivity (Wildman–Crippen MR) is 123 cm³/mol. The standard InChI is InChI=1S/C21H32N4O5S.ClH/c1-22(2)31(28,29)19-9-5-4-8-17(19)14-20(26)25-13-12-24(21(27)30-3)16-18(25)15-23-10-6-7-11-23;/h4-5,8-9,18H,6-7,10-16H2,1-3H3;1H. The van der Waals surface area contributed by atoms with E-state index in [0.29, 0.717) is 31.7 Å². The van der Waals surface area contributed by atoms with E-state index in [1.54, 1.807) is 28.0 Å². The number of methoxy groups -OCH3 is 1. The molecule has 0 radical (unpaired) electrons. The van der Waals surface area contributed by atoms with Crippen LogP contribution in [0.15, 0.2) is 29.2 Å². The summed E-state index contributed by atoms with van der Waals surface area (Å²) in [4.78, 5) is 31.3. The van der Waals surface area contributed by atoms with Crippen molar-refractivity contribution >= 4 is 34.4 Å². The number of piperazine rings is 1. The maximum Gasteiger partial charge on any atom is 0.409 e. The molecule has 0 aliphatic carbocycles. The molecule has 0 aromatic heterocycles. The molecule has 0 spiro atoms. The number of halogens is 1. The first-order chi connectivity index (χ1) is 14.7. The second-order valence-electron chi connectivity index (χ2n) is 8.24. The van der Waals surface area contributed by atoms with Gasteiger partial charge in [0.2, 0.25) is 15.9 Å². The van der Waals surface area contributed by atoms with Crippen LogP contribution in [0.3, 0.4) is 0 Å². The molecule has 0 bridgehead atoms. The van der Waals surface area contributed by atoms with Crippen LogP contribution in [-0.4, -0.2) is 106 Å². The molecule has 180 valence electrons. The third kappa shape index (κ3) is 5.92. The second-order valence-corrected chi connectivity index (χ2v) is 10.4. The Morgan fingerprint density at radius 3 is 2.38 bits per heavy atom. The van der Waals surface area contributed by atoms with Crippen molar-refractivity contribution in [3.05, 3.63) is 29.8 Å². The first kappa shape index (κ1) is 26.4. The molecule has 32 heavy (non-hydrogen) atoms. The zero-order chi connectivity index (χ0) is 22.6. The second kappa shape index (κ2) is 11.3. The van der Waals surface area contributed by atoms with Gasteiger partial charge in [-0.15, -0.1) is 12.4 Å². The van der Waals surface area contributed by atoms with E-state index in [2.05, 4.69) is 4.90 Å². The molecule has 9 nitrogen and oxygen atoms in total. The number of benzene rings is 1. The van der Waals surface area contributed by atoms with Crippen LogP contribution in [0.5, 0.6) is 0 Å². The summed E-state index contributed by atoms with van der Waals surface area (Å²) in [6.45, 7) is 3.87. The SMILES string of the molecule is COC(=O)N1CCN(C(=O)Cc2ccccc2S(=O)(=O)N(C)C)C(CN2CCCC2)C1.Cl. The van der Waals surface area contributed by atoms with Gasteiger partial charge in [0.05, 0.1) is 24.5 Å². The van der Waals surface area contributed by atoms with E-state index in [1.165, 1.54) is 27.3 Å². The first-order valence-corrected chi connectivity index (χ1v) is 12.0. The third-order valence-electron chi connectivity index (χ3n) is 5.98. The predicted octanol–water partition coefficient (Wildman–Crippen LogP) is 1.28. The molecule has 3 rings (SSSR count). The number of rotatable bonds is 6. The Bertz CT molecular complexity index is 905. The van der Waals surface area contributed by atoms with Gasteiger partial charge in [0.25, 0.3) is 0 Å². The van der Waals surface area contributed by atoms with Crippen LogP contribution in [-0.2, 0) is 26.0 Å². The Labute approximate surface area is 196 Å². The van der Waals surface area contributed by atoms with Crippen molar-refractivity contribution in [1.29, 1.82) is 0 Å². The largest absolute Gasteiger partial charge is 0.453 e. The number of sulfonamides is 1. The highest BCUT2D eigenvalue weighted by atomic mass is 35.5. The molecule has 11 heteroatoms. The molecule has 2 aliphatic heterocycles. The number of carbonyl (C=O) groups is 2. The maximum atomic E-state index is 13.3. The van der Waals surface area contributed by atoms with Crippen LogP contribution in [0.1, 0.15) is 18.4 Å². The Hall–Kier alpha value is -1.88. The summed E-state index contributed by atoms with van der Waals surface area (Å²) >= 11 is 0. The van der Waals surface area contributed by atoms with Gasteiger partial charge in [0, 0.05) is 40.3 Å². The Kier molecular flexibility index (Phi) is 9.32. The van der Waals surface area contributed by atoms with Gasteiger partial charge in [0.15, 0.2) is 0 Å². The van der Waals surface area contributed by atoms with Crippen molar-refractivity contribution < 1.29 is 22.7 Å². The number of carbonyl (C=O) groups excluding carboxylic acids is 2. The molecule has 1 aromatic rings. The summed E-state index contributed by atoms with van der Waals surface area (Å²) in [6, 6.07) is 6.48. The number of ether oxygens (including phenoxy) is 1. The van der Waals surface area contributed by atoms with E-state index in [0.717, 1.165) is 30.2 Å². The Morgan fingerprint density at radius 2 is 1.75 bits per heavy atom. The van der Waals surface area contributed by atoms with Crippen LogP contribution < -0.4 is 0 Å². The lowest BCUT2D eigenvalue weighted by Crippen LogP contribution is -2.59. The molecule has 1 unspecified atom stereocenters. The monoisotopic (exact) mass is 488 g/mol. The number of nitrogens with zero attached hydrogens (tertiary/aromatic N) is 4. The van der Waals surface area contributed by atoms with Crippen LogP contribution >= 0.6 is 12.4 Å². The lowest BCUT2D eigenvalue weighted by molar-refractivity contribution is -0.135. The normalized spacial score (nSPS) is 19.7. The van der Waals surface area contributed by atoms with Crippen molar-refractivity contribution in [2.75, 3.05) is 60.5 Å². The van der Waals surface area contributed by atoms with Crippen molar-refractivity contribution in [2.24, 2.45) is 0 Å². The fraction of sp³-hybridized carbons (Fsp3) is 0.619. The van der Waals surface area contributed by atoms with Gasteiger partial charge in [-0.1, -0.05) is 18.2 Å². The average Bonchev–Trinajstić information content (AvgIpc) is 3.26. The van der Waals surface area contributed by atoms with Gasteiger partial charge >= 0.3 is 6.09 Å². The Morgan fingerprint density at radius 1 is 1.09 bits per heavy atom. The number of amides is 2. The number of hydrogen-bond acceptors (Lipinski definition) is 6. The highest BCUT2D eigenvalue weighted by Crippen LogP contribution is 2.22. The molecule has 1 aromatic carbocycles. The average molecular weight is 489 g/mol. The minimum Gasteiger partial charge on any atom is -0.453 e. The maximum absolute atomic E-state index is 13.3. The van der Waals surface area contributed by atoms with Gasteiger partial charge in [0.1, 0.15) is 0 Å². The molecule has 2 heterocycles. The lowest BCUT2D eigenvalue weighted by Gasteiger charge is -2.42. The minimum atomic E-state index is -3.65. The number of hydrogen-bond donors (Lipinski definition) is 0. The van der Waals surface area contributed by atoms with Crippen molar-refractivity contribution in [1.82, 2.24) is 19.0 Å². The van der Waals surface area contributed by atoms with E-state index >= 15 is 0 Å². The number of likely N-dealkylation sites (tertiary alicyclic amines) is 1. The molecule has 0 N–H and O–H groups in total. The summed E-state index contributed by atoms with van der Waals surface area (Å²) in [6.07, 6.45) is 1.88. The molecule has 2 saturated heterocycles. The van der Waals surface area contributed by atoms with Gasteiger partial charge in [-0.05, 0) is 37.6 Å². The summed E-state index contributed by atoms with van der Waals surface area (Å²) < 4.78 is 31.4. The van der Waals surface area contributed by atoms with Gasteiger partial charge in [-0.2, -0.15) is 0 Å². The zero-order valence-corrected chi connectivity index (χ0v) is 20.5. The van der Waals surface area contributed by atoms with Crippen LogP contribution in [0.4, 0.5) is 4.79 Å². The van der Waals surface area contributed by atoms with Gasteiger partial charge in [-0.25, -0.2) is 17.5 Å². The van der Waals surface area contributed by atoms with E-state index in [4.69, 9.17) is 4.74 Å². The van der Waals surface area contributed by atoms with E-state index in [1.807, 2.05) is 0 Å². The highest BCUT2D eigenvalue weighted by molar-refractivity contribution is 7.89. The molecule has 2 aliphatic rings. The summed E-state index contributed by atoms with van der Waals surface area (Å²) in [7, 11) is 0.661. The van der Waals surface area contributed by atoms with E-state index in [-0.39, 0.29) is 41.8 Å². The fourth-order valence-corrected chi connectivity index (χ4v) is 5.38. The fourth-order valence-electron chi connectivity index (χ4n) is 4.26. The van der Waals surface area contributed by atoms with Crippen LogP contribution in [0.25, 0.3) is 0 Å². The highest BCUT2D eigenvalue weighted by Gasteiger charge is 2.35. The van der Waals surface area contributed by atoms with E-state index in [9.17, 15) is 18.0 Å². The topological polar surface area (TPSA) is 90.5 Å². The van der Waals surface area contributed by atoms with E-state index < -0.39 is 10.0 Å². The Balaban J connectivity index is 0.00000363. The van der Waals surface area contributed by atoms with Crippen molar-refractivity contribution in [3.8, 4) is 0 Å². The molecular weight excluding hydrogens is 456 g/mol. The quantitative estimate of drug-likeness (QED) is 0.599. The summed E-state index contributed by atoms with van der Waals surface area (Å²) in [5, 5.41) is 0. The molecule has 0 saturated carbocycles. The third-order valence-corrected chi connectivity index (χ3v) is 7.89. The first-order valence-electron chi connectivity index (χ1n) is 10.6. The summed E-state index contributed by atoms with van der Waals surface area (Å²) in [5.74, 6) is -0.130. The minimum absolute atomic E-state index is 0. The van der Waals surface area contributed by atoms with Gasteiger partial charge < -0.3 is 19.4 Å². The van der Waals surface area contributed by atoms with Crippen molar-refractivity contribution in [2.45, 2.75) is 30.2 Å². The molecule has 1 atom stereocenters.